The molecule has 0 aliphatic rings. The summed E-state index contributed by atoms with van der Waals surface area (Å²) >= 11 is 0. The van der Waals surface area contributed by atoms with Crippen LogP contribution in [0.2, 0.25) is 24.7 Å². The van der Waals surface area contributed by atoms with E-state index in [0.717, 1.165) is 0 Å². The van der Waals surface area contributed by atoms with Crippen molar-refractivity contribution in [2.75, 3.05) is 0 Å². The van der Waals surface area contributed by atoms with E-state index in [4.69, 9.17) is 0 Å². The molecule has 0 atom stereocenters. The fraction of sp³-hybridized carbons (Fsp3) is 0.920. The smallest absolute Gasteiger partial charge is 0.0542 e. The van der Waals surface area contributed by atoms with Gasteiger partial charge >= 0.3 is 0 Å². The van der Waals surface area contributed by atoms with Gasteiger partial charge in [0.15, 0.2) is 0 Å². The summed E-state index contributed by atoms with van der Waals surface area (Å²) in [6, 6.07) is 4.60. The number of unbranched alkanes of at least 4 members (excludes halogenated alkanes) is 13. The average molecular weight is 381 g/mol. The lowest BCUT2D eigenvalue weighted by molar-refractivity contribution is 0.614. The van der Waals surface area contributed by atoms with Gasteiger partial charge in [0.05, 0.1) is 8.07 Å². The van der Waals surface area contributed by atoms with Crippen molar-refractivity contribution in [2.45, 2.75) is 148 Å². The molecular formula is C25H52Si. The second-order valence-electron chi connectivity index (χ2n) is 9.02. The molecule has 0 spiro atoms. The maximum atomic E-state index is 2.71. The molecule has 0 aliphatic carbocycles. The number of rotatable bonds is 20. The number of hydrogen-bond acceptors (Lipinski definition) is 0. The molecule has 0 aromatic carbocycles. The summed E-state index contributed by atoms with van der Waals surface area (Å²) in [5.41, 5.74) is 0. The highest BCUT2D eigenvalue weighted by Crippen LogP contribution is 2.28. The number of hydrogen-bond donors (Lipinski definition) is 0. The zero-order valence-electron chi connectivity index (χ0n) is 19.1. The molecule has 0 aromatic heterocycles. The van der Waals surface area contributed by atoms with Gasteiger partial charge in [-0.15, -0.1) is 0 Å². The highest BCUT2D eigenvalue weighted by Gasteiger charge is 2.24. The Bertz CT molecular complexity index is 279. The van der Waals surface area contributed by atoms with Crippen molar-refractivity contribution >= 4 is 8.07 Å². The summed E-state index contributed by atoms with van der Waals surface area (Å²) in [4.78, 5) is 0. The van der Waals surface area contributed by atoms with Crippen LogP contribution in [0.3, 0.4) is 0 Å². The van der Waals surface area contributed by atoms with Gasteiger partial charge in [-0.05, 0) is 18.9 Å². The molecule has 156 valence electrons. The lowest BCUT2D eigenvalue weighted by Crippen LogP contribution is -2.28. The molecule has 0 amide bonds. The van der Waals surface area contributed by atoms with Gasteiger partial charge in [0.25, 0.3) is 0 Å². The first kappa shape index (κ1) is 26.0. The molecule has 0 heterocycles. The Balaban J connectivity index is 4.14. The van der Waals surface area contributed by atoms with E-state index in [2.05, 4.69) is 39.5 Å². The zero-order chi connectivity index (χ0) is 19.3. The molecule has 0 rings (SSSR count). The van der Waals surface area contributed by atoms with Crippen molar-refractivity contribution < 1.29 is 0 Å². The van der Waals surface area contributed by atoms with E-state index >= 15 is 0 Å². The summed E-state index contributed by atoms with van der Waals surface area (Å²) in [6.07, 6.45) is 28.0. The average Bonchev–Trinajstić information content (AvgIpc) is 2.64. The molecule has 0 saturated heterocycles. The Morgan fingerprint density at radius 2 is 0.923 bits per heavy atom. The Morgan fingerprint density at radius 3 is 1.42 bits per heavy atom. The first-order chi connectivity index (χ1) is 12.7. The fourth-order valence-corrected chi connectivity index (χ4v) is 7.59. The van der Waals surface area contributed by atoms with Crippen LogP contribution in [0.15, 0.2) is 12.2 Å². The van der Waals surface area contributed by atoms with Crippen molar-refractivity contribution in [2.24, 2.45) is 0 Å². The van der Waals surface area contributed by atoms with E-state index in [-0.39, 0.29) is 0 Å². The Morgan fingerprint density at radius 1 is 0.500 bits per heavy atom. The standard InChI is InChI=1S/C25H52Si/c1-5-8-11-14-17-20-23-26(4,24-21-18-15-12-9-6-2)25-22-19-16-13-10-7-3/h17,20H,5-16,18-19,21-25H2,1-4H3. The molecule has 1 heteroatoms. The monoisotopic (exact) mass is 380 g/mol. The van der Waals surface area contributed by atoms with E-state index in [1.807, 2.05) is 0 Å². The third kappa shape index (κ3) is 17.4. The third-order valence-corrected chi connectivity index (χ3v) is 10.4. The van der Waals surface area contributed by atoms with Gasteiger partial charge in [0.2, 0.25) is 0 Å². The molecule has 0 radical (unpaired) electrons. The van der Waals surface area contributed by atoms with E-state index in [1.165, 1.54) is 109 Å². The second kappa shape index (κ2) is 19.7. The highest BCUT2D eigenvalue weighted by molar-refractivity contribution is 6.79. The lowest BCUT2D eigenvalue weighted by Gasteiger charge is -2.26. The van der Waals surface area contributed by atoms with Gasteiger partial charge in [-0.25, -0.2) is 0 Å². The third-order valence-electron chi connectivity index (χ3n) is 6.02. The van der Waals surface area contributed by atoms with E-state index in [1.54, 1.807) is 12.1 Å². The fourth-order valence-electron chi connectivity index (χ4n) is 3.99. The topological polar surface area (TPSA) is 0 Å². The molecular weight excluding hydrogens is 328 g/mol. The molecule has 0 aliphatic heterocycles. The van der Waals surface area contributed by atoms with Crippen molar-refractivity contribution in [1.82, 2.24) is 0 Å². The second-order valence-corrected chi connectivity index (χ2v) is 14.0. The van der Waals surface area contributed by atoms with Crippen molar-refractivity contribution in [1.29, 1.82) is 0 Å². The lowest BCUT2D eigenvalue weighted by atomic mass is 10.1. The Labute approximate surface area is 168 Å². The Hall–Kier alpha value is -0.0431. The van der Waals surface area contributed by atoms with Gasteiger partial charge < -0.3 is 0 Å². The highest BCUT2D eigenvalue weighted by atomic mass is 28.3. The molecule has 0 bridgehead atoms. The van der Waals surface area contributed by atoms with Gasteiger partial charge in [-0.2, -0.15) is 0 Å². The molecule has 0 nitrogen and oxygen atoms in total. The summed E-state index contributed by atoms with van der Waals surface area (Å²) < 4.78 is 0. The van der Waals surface area contributed by atoms with Gasteiger partial charge in [-0.1, -0.05) is 141 Å². The van der Waals surface area contributed by atoms with Gasteiger partial charge in [-0.3, -0.25) is 0 Å². The summed E-state index contributed by atoms with van der Waals surface area (Å²) in [7, 11) is -1.04. The first-order valence-electron chi connectivity index (χ1n) is 12.3. The van der Waals surface area contributed by atoms with Crippen LogP contribution < -0.4 is 0 Å². The van der Waals surface area contributed by atoms with Crippen LogP contribution in [-0.2, 0) is 0 Å². The maximum absolute atomic E-state index is 2.71. The van der Waals surface area contributed by atoms with Crippen LogP contribution in [0.1, 0.15) is 124 Å². The van der Waals surface area contributed by atoms with Gasteiger partial charge in [0.1, 0.15) is 0 Å². The maximum Gasteiger partial charge on any atom is 0.0542 e. The Kier molecular flexibility index (Phi) is 19.7. The van der Waals surface area contributed by atoms with Crippen LogP contribution in [0.5, 0.6) is 0 Å². The van der Waals surface area contributed by atoms with Crippen LogP contribution in [-0.4, -0.2) is 8.07 Å². The largest absolute Gasteiger partial charge is 0.0912 e. The summed E-state index contributed by atoms with van der Waals surface area (Å²) in [5, 5.41) is 0. The van der Waals surface area contributed by atoms with E-state index in [0.29, 0.717) is 0 Å². The minimum Gasteiger partial charge on any atom is -0.0912 e. The van der Waals surface area contributed by atoms with E-state index < -0.39 is 8.07 Å². The normalized spacial score (nSPS) is 12.3. The molecule has 0 unspecified atom stereocenters. The minimum absolute atomic E-state index is 1.04. The van der Waals surface area contributed by atoms with Crippen molar-refractivity contribution in [3.05, 3.63) is 12.2 Å². The predicted molar refractivity (Wildman–Crippen MR) is 126 cm³/mol. The van der Waals surface area contributed by atoms with Crippen LogP contribution in [0.25, 0.3) is 0 Å². The van der Waals surface area contributed by atoms with Crippen LogP contribution >= 0.6 is 0 Å². The first-order valence-corrected chi connectivity index (χ1v) is 15.5. The summed E-state index contributed by atoms with van der Waals surface area (Å²) in [5.74, 6) is 0. The molecule has 0 N–H and O–H groups in total. The van der Waals surface area contributed by atoms with Crippen molar-refractivity contribution in [3.8, 4) is 0 Å². The van der Waals surface area contributed by atoms with Crippen LogP contribution in [0.4, 0.5) is 0 Å². The molecule has 0 saturated carbocycles. The SMILES string of the molecule is CCCCCC=CC[Si](C)(CCCCCCCC)CCCCCCCC. The quantitative estimate of drug-likeness (QED) is 0.112. The van der Waals surface area contributed by atoms with E-state index in [9.17, 15) is 0 Å². The van der Waals surface area contributed by atoms with Gasteiger partial charge in [0, 0.05) is 0 Å². The number of allylic oxidation sites excluding steroid dienone is 2. The summed E-state index contributed by atoms with van der Waals surface area (Å²) in [6.45, 7) is 9.64. The zero-order valence-corrected chi connectivity index (χ0v) is 20.1. The molecule has 0 aromatic rings. The predicted octanol–water partition coefficient (Wildman–Crippen LogP) is 9.92. The minimum atomic E-state index is -1.04. The molecule has 26 heavy (non-hydrogen) atoms. The van der Waals surface area contributed by atoms with Crippen molar-refractivity contribution in [3.63, 3.8) is 0 Å². The van der Waals surface area contributed by atoms with Crippen LogP contribution in [0, 0.1) is 0 Å². The molecule has 0 fully saturated rings.